The Kier molecular flexibility index (Phi) is 4.52. The van der Waals surface area contributed by atoms with Crippen molar-refractivity contribution in [2.24, 2.45) is 5.92 Å². The molecule has 3 N–H and O–H groups in total. The Hall–Kier alpha value is -2.42. The van der Waals surface area contributed by atoms with E-state index in [1.165, 1.54) is 6.33 Å². The Bertz CT molecular complexity index is 715. The van der Waals surface area contributed by atoms with Crippen LogP contribution in [0.3, 0.4) is 0 Å². The quantitative estimate of drug-likeness (QED) is 0.787. The number of halogens is 3. The number of hydrogen-bond acceptors (Lipinski definition) is 4. The minimum absolute atomic E-state index is 0.0244. The lowest BCUT2D eigenvalue weighted by Gasteiger charge is -2.15. The van der Waals surface area contributed by atoms with E-state index in [9.17, 15) is 23.1 Å². The van der Waals surface area contributed by atoms with Gasteiger partial charge >= 0.3 is 0 Å². The Balaban J connectivity index is 1.63. The number of amides is 1. The Morgan fingerprint density at radius 1 is 1.29 bits per heavy atom. The topological polar surface area (TPSA) is 90.9 Å². The molecule has 1 heterocycles. The molecule has 0 unspecified atom stereocenters. The molecule has 2 aromatic rings. The zero-order chi connectivity index (χ0) is 17.3. The second kappa shape index (κ2) is 6.60. The van der Waals surface area contributed by atoms with Crippen molar-refractivity contribution in [1.29, 1.82) is 0 Å². The number of aromatic nitrogens is 3. The van der Waals surface area contributed by atoms with Crippen LogP contribution in [0.15, 0.2) is 18.5 Å². The Labute approximate surface area is 135 Å². The van der Waals surface area contributed by atoms with E-state index in [1.54, 1.807) is 0 Å². The zero-order valence-electron chi connectivity index (χ0n) is 12.5. The molecule has 0 radical (unpaired) electrons. The molecule has 1 aromatic carbocycles. The van der Waals surface area contributed by atoms with E-state index in [0.717, 1.165) is 0 Å². The van der Waals surface area contributed by atoms with Crippen LogP contribution in [0.4, 0.5) is 13.2 Å². The summed E-state index contributed by atoms with van der Waals surface area (Å²) < 4.78 is 40.0. The highest BCUT2D eigenvalue weighted by Crippen LogP contribution is 2.36. The minimum Gasteiger partial charge on any atom is -0.393 e. The van der Waals surface area contributed by atoms with Gasteiger partial charge in [0.1, 0.15) is 35.2 Å². The van der Waals surface area contributed by atoms with Crippen molar-refractivity contribution >= 4 is 5.91 Å². The zero-order valence-corrected chi connectivity index (χ0v) is 12.5. The lowest BCUT2D eigenvalue weighted by molar-refractivity contribution is 0.0908. The predicted octanol–water partition coefficient (Wildman–Crippen LogP) is 1.51. The highest BCUT2D eigenvalue weighted by Gasteiger charge is 2.35. The summed E-state index contributed by atoms with van der Waals surface area (Å²) in [5, 5.41) is 19.0. The van der Waals surface area contributed by atoms with Gasteiger partial charge < -0.3 is 10.4 Å². The maximum absolute atomic E-state index is 13.6. The number of hydrogen-bond donors (Lipinski definition) is 3. The maximum atomic E-state index is 13.6. The number of carbonyl (C=O) groups excluding carboxylic acids is 1. The first-order chi connectivity index (χ1) is 11.5. The molecule has 1 fully saturated rings. The number of aromatic amines is 1. The summed E-state index contributed by atoms with van der Waals surface area (Å²) in [5.74, 6) is -4.27. The monoisotopic (exact) mass is 340 g/mol. The van der Waals surface area contributed by atoms with Crippen LogP contribution in [-0.2, 0) is 0 Å². The smallest absolute Gasteiger partial charge is 0.257 e. The summed E-state index contributed by atoms with van der Waals surface area (Å²) in [6, 6.07) is 0.894. The second-order valence-electron chi connectivity index (χ2n) is 5.82. The molecule has 1 saturated carbocycles. The molecule has 1 amide bonds. The van der Waals surface area contributed by atoms with Crippen molar-refractivity contribution in [2.45, 2.75) is 24.9 Å². The third-order valence-electron chi connectivity index (χ3n) is 4.24. The first-order valence-corrected chi connectivity index (χ1v) is 7.41. The van der Waals surface area contributed by atoms with Crippen LogP contribution in [0.5, 0.6) is 0 Å². The number of aliphatic hydroxyl groups is 1. The third-order valence-corrected chi connectivity index (χ3v) is 4.24. The van der Waals surface area contributed by atoms with Gasteiger partial charge in [-0.2, -0.15) is 5.10 Å². The standard InChI is InChI=1S/C15H15F3N4O2/c16-9-3-10(17)13(11(18)4-9)15(24)19-5-8-1-7(2-12(8)23)14-20-6-21-22-14/h3-4,6-8,12,23H,1-2,5H2,(H,19,24)(H,20,21,22)/t7-,8+,12+/m1/s1. The predicted molar refractivity (Wildman–Crippen MR) is 76.5 cm³/mol. The first kappa shape index (κ1) is 16.4. The van der Waals surface area contributed by atoms with Crippen LogP contribution in [-0.4, -0.2) is 38.8 Å². The second-order valence-corrected chi connectivity index (χ2v) is 5.82. The molecule has 9 heteroatoms. The Morgan fingerprint density at radius 2 is 2.00 bits per heavy atom. The highest BCUT2D eigenvalue weighted by molar-refractivity contribution is 5.94. The van der Waals surface area contributed by atoms with Crippen molar-refractivity contribution in [1.82, 2.24) is 20.5 Å². The van der Waals surface area contributed by atoms with Crippen LogP contribution in [0.25, 0.3) is 0 Å². The van der Waals surface area contributed by atoms with E-state index < -0.39 is 35.0 Å². The summed E-state index contributed by atoms with van der Waals surface area (Å²) in [7, 11) is 0. The van der Waals surface area contributed by atoms with Gasteiger partial charge in [0.25, 0.3) is 5.91 Å². The van der Waals surface area contributed by atoms with Crippen LogP contribution in [0.2, 0.25) is 0 Å². The fourth-order valence-electron chi connectivity index (χ4n) is 3.03. The summed E-state index contributed by atoms with van der Waals surface area (Å²) >= 11 is 0. The molecule has 0 aliphatic heterocycles. The van der Waals surface area contributed by atoms with E-state index >= 15 is 0 Å². The van der Waals surface area contributed by atoms with E-state index in [1.807, 2.05) is 0 Å². The molecule has 0 bridgehead atoms. The molecular formula is C15H15F3N4O2. The lowest BCUT2D eigenvalue weighted by atomic mass is 10.0. The molecule has 0 spiro atoms. The normalized spacial score (nSPS) is 23.4. The van der Waals surface area contributed by atoms with Gasteiger partial charge in [-0.1, -0.05) is 0 Å². The fraction of sp³-hybridized carbons (Fsp3) is 0.400. The Morgan fingerprint density at radius 3 is 2.62 bits per heavy atom. The van der Waals surface area contributed by atoms with E-state index in [0.29, 0.717) is 30.8 Å². The molecule has 6 nitrogen and oxygen atoms in total. The van der Waals surface area contributed by atoms with Gasteiger partial charge in [0.05, 0.1) is 6.10 Å². The van der Waals surface area contributed by atoms with Gasteiger partial charge in [0.2, 0.25) is 0 Å². The van der Waals surface area contributed by atoms with Gasteiger partial charge in [0, 0.05) is 30.5 Å². The van der Waals surface area contributed by atoms with Crippen molar-refractivity contribution in [3.8, 4) is 0 Å². The molecule has 128 valence electrons. The maximum Gasteiger partial charge on any atom is 0.257 e. The van der Waals surface area contributed by atoms with Gasteiger partial charge in [-0.05, 0) is 12.8 Å². The van der Waals surface area contributed by atoms with Crippen molar-refractivity contribution < 1.29 is 23.1 Å². The molecule has 3 rings (SSSR count). The van der Waals surface area contributed by atoms with Crippen molar-refractivity contribution in [3.05, 3.63) is 47.3 Å². The number of rotatable bonds is 4. The van der Waals surface area contributed by atoms with Crippen LogP contribution >= 0.6 is 0 Å². The van der Waals surface area contributed by atoms with Gasteiger partial charge in [-0.15, -0.1) is 0 Å². The molecule has 1 aliphatic rings. The first-order valence-electron chi connectivity index (χ1n) is 7.41. The number of carbonyl (C=O) groups is 1. The lowest BCUT2D eigenvalue weighted by Crippen LogP contribution is -2.33. The molecule has 3 atom stereocenters. The van der Waals surface area contributed by atoms with E-state index in [4.69, 9.17) is 0 Å². The molecular weight excluding hydrogens is 325 g/mol. The molecule has 1 aliphatic carbocycles. The van der Waals surface area contributed by atoms with E-state index in [-0.39, 0.29) is 18.4 Å². The third kappa shape index (κ3) is 3.25. The number of benzene rings is 1. The number of aliphatic hydroxyl groups excluding tert-OH is 1. The molecule has 24 heavy (non-hydrogen) atoms. The average Bonchev–Trinajstić information content (AvgIpc) is 3.13. The summed E-state index contributed by atoms with van der Waals surface area (Å²) in [5.41, 5.74) is -0.837. The fourth-order valence-corrected chi connectivity index (χ4v) is 3.03. The van der Waals surface area contributed by atoms with E-state index in [2.05, 4.69) is 20.5 Å². The van der Waals surface area contributed by atoms with Crippen molar-refractivity contribution in [3.63, 3.8) is 0 Å². The number of nitrogens with one attached hydrogen (secondary N) is 2. The summed E-state index contributed by atoms with van der Waals surface area (Å²) in [6.07, 6.45) is 1.69. The van der Waals surface area contributed by atoms with Gasteiger partial charge in [-0.25, -0.2) is 18.2 Å². The number of H-pyrrole nitrogens is 1. The van der Waals surface area contributed by atoms with Crippen LogP contribution < -0.4 is 5.32 Å². The SMILES string of the molecule is O=C(NC[C@@H]1C[C@@H](c2ncn[nH]2)C[C@@H]1O)c1c(F)cc(F)cc1F. The average molecular weight is 340 g/mol. The summed E-state index contributed by atoms with van der Waals surface area (Å²) in [4.78, 5) is 16.0. The minimum atomic E-state index is -1.27. The molecule has 1 aromatic heterocycles. The number of nitrogens with zero attached hydrogens (tertiary/aromatic N) is 2. The highest BCUT2D eigenvalue weighted by atomic mass is 19.1. The largest absolute Gasteiger partial charge is 0.393 e. The van der Waals surface area contributed by atoms with Crippen LogP contribution in [0.1, 0.15) is 34.9 Å². The van der Waals surface area contributed by atoms with Gasteiger partial charge in [-0.3, -0.25) is 9.89 Å². The van der Waals surface area contributed by atoms with Crippen molar-refractivity contribution in [2.75, 3.05) is 6.54 Å². The van der Waals surface area contributed by atoms with Gasteiger partial charge in [0.15, 0.2) is 0 Å². The summed E-state index contributed by atoms with van der Waals surface area (Å²) in [6.45, 7) is 0.0426. The van der Waals surface area contributed by atoms with Crippen LogP contribution in [0, 0.1) is 23.4 Å². The molecule has 0 saturated heterocycles.